The number of fused-ring (bicyclic) bond motifs is 1. The van der Waals surface area contributed by atoms with Gasteiger partial charge in [0.1, 0.15) is 18.1 Å². The summed E-state index contributed by atoms with van der Waals surface area (Å²) >= 11 is 0. The molecule has 0 bridgehead atoms. The van der Waals surface area contributed by atoms with Crippen LogP contribution in [-0.2, 0) is 32.0 Å². The standard InChI is InChI=1S/C28H35N5O6/c1-16(2)24(27(37)32-23(15-34)28(38)39)33-26(36)22(13-18-14-30-21-11-7-6-10-19(18)21)31-25(35)20(29)12-17-8-4-3-5-9-17/h3-11,14,16,20,22-24,30,34H,12-13,15,29H2,1-2H3,(H,31,35)(H,32,37)(H,33,36)(H,38,39). The maximum absolute atomic E-state index is 13.5. The Kier molecular flexibility index (Phi) is 10.2. The van der Waals surface area contributed by atoms with Gasteiger partial charge in [0.2, 0.25) is 17.7 Å². The van der Waals surface area contributed by atoms with Crippen molar-refractivity contribution >= 4 is 34.6 Å². The molecule has 2 aromatic carbocycles. The van der Waals surface area contributed by atoms with Crippen molar-refractivity contribution in [3.8, 4) is 0 Å². The van der Waals surface area contributed by atoms with Crippen molar-refractivity contribution in [3.63, 3.8) is 0 Å². The highest BCUT2D eigenvalue weighted by molar-refractivity contribution is 5.95. The second kappa shape index (κ2) is 13.5. The van der Waals surface area contributed by atoms with Gasteiger partial charge in [0.25, 0.3) is 0 Å². The third-order valence-electron chi connectivity index (χ3n) is 6.41. The second-order valence-corrected chi connectivity index (χ2v) is 9.73. The Morgan fingerprint density at radius 1 is 0.846 bits per heavy atom. The van der Waals surface area contributed by atoms with Crippen LogP contribution in [0.1, 0.15) is 25.0 Å². The van der Waals surface area contributed by atoms with Crippen LogP contribution in [0.5, 0.6) is 0 Å². The lowest BCUT2D eigenvalue weighted by Gasteiger charge is -2.27. The lowest BCUT2D eigenvalue weighted by atomic mass is 9.99. The minimum Gasteiger partial charge on any atom is -0.480 e. The molecule has 4 atom stereocenters. The van der Waals surface area contributed by atoms with Gasteiger partial charge in [-0.05, 0) is 29.5 Å². The molecule has 0 saturated heterocycles. The summed E-state index contributed by atoms with van der Waals surface area (Å²) in [6.45, 7) is 2.56. The van der Waals surface area contributed by atoms with E-state index in [0.29, 0.717) is 0 Å². The van der Waals surface area contributed by atoms with Gasteiger partial charge in [-0.3, -0.25) is 14.4 Å². The predicted octanol–water partition coefficient (Wildman–Crippen LogP) is 0.468. The number of nitrogens with two attached hydrogens (primary N) is 1. The molecule has 0 spiro atoms. The van der Waals surface area contributed by atoms with Crippen LogP contribution in [0.2, 0.25) is 0 Å². The number of para-hydroxylation sites is 1. The number of amides is 3. The van der Waals surface area contributed by atoms with E-state index in [1.165, 1.54) is 0 Å². The van der Waals surface area contributed by atoms with E-state index in [9.17, 15) is 29.4 Å². The minimum absolute atomic E-state index is 0.112. The number of aromatic nitrogens is 1. The molecule has 39 heavy (non-hydrogen) atoms. The molecule has 0 fully saturated rings. The van der Waals surface area contributed by atoms with Crippen molar-refractivity contribution in [2.75, 3.05) is 6.61 Å². The number of aliphatic hydroxyl groups is 1. The SMILES string of the molecule is CC(C)C(NC(=O)C(Cc1c[nH]c2ccccc12)NC(=O)C(N)Cc1ccccc1)C(=O)NC(CO)C(=O)O. The monoisotopic (exact) mass is 537 g/mol. The number of carboxylic acid groups (broad SMARTS) is 1. The molecule has 3 aromatic rings. The summed E-state index contributed by atoms with van der Waals surface area (Å²) in [5.41, 5.74) is 8.67. The highest BCUT2D eigenvalue weighted by Crippen LogP contribution is 2.19. The number of aliphatic carboxylic acids is 1. The Labute approximate surface area is 226 Å². The average molecular weight is 538 g/mol. The summed E-state index contributed by atoms with van der Waals surface area (Å²) in [5.74, 6) is -3.76. The van der Waals surface area contributed by atoms with Gasteiger partial charge in [-0.25, -0.2) is 4.79 Å². The lowest BCUT2D eigenvalue weighted by molar-refractivity contribution is -0.143. The molecule has 0 saturated carbocycles. The van der Waals surface area contributed by atoms with Gasteiger partial charge in [0.05, 0.1) is 12.6 Å². The fraction of sp³-hybridized carbons (Fsp3) is 0.357. The highest BCUT2D eigenvalue weighted by atomic mass is 16.4. The Morgan fingerprint density at radius 3 is 2.13 bits per heavy atom. The molecule has 8 N–H and O–H groups in total. The third kappa shape index (κ3) is 7.88. The van der Waals surface area contributed by atoms with E-state index in [0.717, 1.165) is 22.0 Å². The molecular formula is C28H35N5O6. The molecule has 1 aromatic heterocycles. The summed E-state index contributed by atoms with van der Waals surface area (Å²) in [5, 5.41) is 26.9. The molecule has 11 nitrogen and oxygen atoms in total. The molecule has 208 valence electrons. The minimum atomic E-state index is -1.52. The first-order chi connectivity index (χ1) is 18.6. The quantitative estimate of drug-likeness (QED) is 0.165. The van der Waals surface area contributed by atoms with E-state index in [1.807, 2.05) is 54.6 Å². The summed E-state index contributed by atoms with van der Waals surface area (Å²) < 4.78 is 0. The third-order valence-corrected chi connectivity index (χ3v) is 6.41. The first kappa shape index (κ1) is 29.3. The van der Waals surface area contributed by atoms with Crippen LogP contribution in [0.3, 0.4) is 0 Å². The van der Waals surface area contributed by atoms with Crippen LogP contribution in [0.15, 0.2) is 60.8 Å². The van der Waals surface area contributed by atoms with E-state index in [1.54, 1.807) is 20.0 Å². The van der Waals surface area contributed by atoms with E-state index >= 15 is 0 Å². The Bertz CT molecular complexity index is 1290. The van der Waals surface area contributed by atoms with Gasteiger partial charge in [0.15, 0.2) is 0 Å². The molecule has 0 aliphatic carbocycles. The van der Waals surface area contributed by atoms with Crippen LogP contribution >= 0.6 is 0 Å². The molecular weight excluding hydrogens is 502 g/mol. The number of hydrogen-bond acceptors (Lipinski definition) is 6. The maximum atomic E-state index is 13.5. The number of aromatic amines is 1. The second-order valence-electron chi connectivity index (χ2n) is 9.73. The zero-order valence-electron chi connectivity index (χ0n) is 21.9. The van der Waals surface area contributed by atoms with Crippen LogP contribution in [0.25, 0.3) is 10.9 Å². The number of nitrogens with one attached hydrogen (secondary N) is 4. The van der Waals surface area contributed by atoms with Crippen molar-refractivity contribution in [3.05, 3.63) is 71.9 Å². The number of hydrogen-bond donors (Lipinski definition) is 7. The Hall–Kier alpha value is -4.22. The van der Waals surface area contributed by atoms with Gasteiger partial charge in [0, 0.05) is 23.5 Å². The maximum Gasteiger partial charge on any atom is 0.328 e. The van der Waals surface area contributed by atoms with Gasteiger partial charge in [-0.15, -0.1) is 0 Å². The number of carboxylic acids is 1. The molecule has 3 amide bonds. The fourth-order valence-corrected chi connectivity index (χ4v) is 4.20. The highest BCUT2D eigenvalue weighted by Gasteiger charge is 2.32. The van der Waals surface area contributed by atoms with E-state index in [4.69, 9.17) is 5.73 Å². The van der Waals surface area contributed by atoms with E-state index in [2.05, 4.69) is 20.9 Å². The predicted molar refractivity (Wildman–Crippen MR) is 145 cm³/mol. The van der Waals surface area contributed by atoms with Crippen LogP contribution < -0.4 is 21.7 Å². The topological polar surface area (TPSA) is 187 Å². The first-order valence-corrected chi connectivity index (χ1v) is 12.7. The number of carbonyl (C=O) groups is 4. The summed E-state index contributed by atoms with van der Waals surface area (Å²) in [6, 6.07) is 12.1. The smallest absolute Gasteiger partial charge is 0.328 e. The number of benzene rings is 2. The Morgan fingerprint density at radius 2 is 1.49 bits per heavy atom. The van der Waals surface area contributed by atoms with Crippen LogP contribution in [0.4, 0.5) is 0 Å². The zero-order valence-corrected chi connectivity index (χ0v) is 21.9. The molecule has 4 unspecified atom stereocenters. The van der Waals surface area contributed by atoms with Crippen molar-refractivity contribution in [1.82, 2.24) is 20.9 Å². The van der Waals surface area contributed by atoms with Crippen molar-refractivity contribution in [2.45, 2.75) is 50.9 Å². The fourth-order valence-electron chi connectivity index (χ4n) is 4.20. The molecule has 11 heteroatoms. The Balaban J connectivity index is 1.81. The van der Waals surface area contributed by atoms with Crippen molar-refractivity contribution in [2.24, 2.45) is 11.7 Å². The van der Waals surface area contributed by atoms with E-state index in [-0.39, 0.29) is 12.8 Å². The molecule has 1 heterocycles. The summed E-state index contributed by atoms with van der Waals surface area (Å²) in [7, 11) is 0. The lowest BCUT2D eigenvalue weighted by Crippen LogP contribution is -2.59. The zero-order chi connectivity index (χ0) is 28.5. The molecule has 0 aliphatic rings. The number of aliphatic hydroxyl groups excluding tert-OH is 1. The van der Waals surface area contributed by atoms with Gasteiger partial charge < -0.3 is 36.9 Å². The normalized spacial score (nSPS) is 14.3. The summed E-state index contributed by atoms with van der Waals surface area (Å²) in [4.78, 5) is 53.8. The largest absolute Gasteiger partial charge is 0.480 e. The molecule has 0 aliphatic heterocycles. The van der Waals surface area contributed by atoms with Crippen LogP contribution in [0, 0.1) is 5.92 Å². The summed E-state index contributed by atoms with van der Waals surface area (Å²) in [6.07, 6.45) is 2.13. The molecule has 3 rings (SSSR count). The van der Waals surface area contributed by atoms with Crippen LogP contribution in [-0.4, -0.2) is 69.7 Å². The van der Waals surface area contributed by atoms with Gasteiger partial charge in [-0.1, -0.05) is 62.4 Å². The van der Waals surface area contributed by atoms with Gasteiger partial charge in [-0.2, -0.15) is 0 Å². The molecule has 0 radical (unpaired) electrons. The number of carbonyl (C=O) groups excluding carboxylic acids is 3. The van der Waals surface area contributed by atoms with Gasteiger partial charge >= 0.3 is 5.97 Å². The number of H-pyrrole nitrogens is 1. The van der Waals surface area contributed by atoms with Crippen molar-refractivity contribution < 1.29 is 29.4 Å². The first-order valence-electron chi connectivity index (χ1n) is 12.7. The average Bonchev–Trinajstić information content (AvgIpc) is 3.32. The van der Waals surface area contributed by atoms with Crippen molar-refractivity contribution in [1.29, 1.82) is 0 Å². The number of rotatable bonds is 13. The van der Waals surface area contributed by atoms with E-state index < -0.39 is 60.4 Å².